The third-order valence-corrected chi connectivity index (χ3v) is 5.63. The van der Waals surface area contributed by atoms with Crippen LogP contribution in [-0.2, 0) is 0 Å². The van der Waals surface area contributed by atoms with E-state index in [9.17, 15) is 23.2 Å². The molecule has 1 aromatic carbocycles. The molecule has 1 saturated carbocycles. The van der Waals surface area contributed by atoms with Crippen LogP contribution in [0.5, 0.6) is 0 Å². The number of rotatable bonds is 6. The number of benzene rings is 1. The van der Waals surface area contributed by atoms with Gasteiger partial charge in [-0.2, -0.15) is 23.5 Å². The summed E-state index contributed by atoms with van der Waals surface area (Å²) in [5, 5.41) is 17.2. The summed E-state index contributed by atoms with van der Waals surface area (Å²) >= 11 is 0. The van der Waals surface area contributed by atoms with Crippen LogP contribution in [0.2, 0.25) is 0 Å². The number of alkyl halides is 3. The van der Waals surface area contributed by atoms with Gasteiger partial charge in [0.25, 0.3) is 5.56 Å². The minimum Gasteiger partial charge on any atom is -0.338 e. The van der Waals surface area contributed by atoms with Gasteiger partial charge >= 0.3 is 6.18 Å². The highest BCUT2D eigenvalue weighted by Gasteiger charge is 2.38. The first-order valence-electron chi connectivity index (χ1n) is 9.87. The molecule has 0 amide bonds. The molecule has 1 unspecified atom stereocenters. The Hall–Kier alpha value is -3.32. The third-order valence-electron chi connectivity index (χ3n) is 5.63. The van der Waals surface area contributed by atoms with Crippen LogP contribution in [0.4, 0.5) is 24.7 Å². The maximum absolute atomic E-state index is 13.0. The number of aryl methyl sites for hydroxylation is 1. The highest BCUT2D eigenvalue weighted by Crippen LogP contribution is 2.43. The van der Waals surface area contributed by atoms with Gasteiger partial charge in [0.2, 0.25) is 0 Å². The lowest BCUT2D eigenvalue weighted by atomic mass is 10.0. The lowest BCUT2D eigenvalue weighted by Crippen LogP contribution is -2.29. The monoisotopic (exact) mass is 430 g/mol. The molecule has 0 aliphatic heterocycles. The van der Waals surface area contributed by atoms with E-state index in [1.165, 1.54) is 24.4 Å². The number of nitrogens with zero attached hydrogens (tertiary/aromatic N) is 3. The molecule has 2 aromatic heterocycles. The van der Waals surface area contributed by atoms with E-state index in [1.54, 1.807) is 17.7 Å². The molecule has 162 valence electrons. The number of hydrogen-bond acceptors (Lipinski definition) is 5. The first-order chi connectivity index (χ1) is 14.7. The van der Waals surface area contributed by atoms with Gasteiger partial charge in [0.05, 0.1) is 24.0 Å². The largest absolute Gasteiger partial charge is 0.407 e. The van der Waals surface area contributed by atoms with Crippen molar-refractivity contribution in [1.82, 2.24) is 14.8 Å². The van der Waals surface area contributed by atoms with Crippen LogP contribution in [0.1, 0.15) is 42.5 Å². The van der Waals surface area contributed by atoms with E-state index in [2.05, 4.69) is 21.5 Å². The molecule has 0 spiro atoms. The first-order valence-corrected chi connectivity index (χ1v) is 9.87. The zero-order valence-corrected chi connectivity index (χ0v) is 16.7. The number of hydrogen-bond donors (Lipinski definition) is 3. The molecule has 0 bridgehead atoms. The highest BCUT2D eigenvalue weighted by molar-refractivity contribution is 5.91. The van der Waals surface area contributed by atoms with E-state index < -0.39 is 12.2 Å². The number of pyridine rings is 1. The van der Waals surface area contributed by atoms with Crippen molar-refractivity contribution in [3.63, 3.8) is 0 Å². The van der Waals surface area contributed by atoms with E-state index in [-0.39, 0.29) is 29.4 Å². The summed E-state index contributed by atoms with van der Waals surface area (Å²) in [6.45, 7) is 1.55. The van der Waals surface area contributed by atoms with Crippen LogP contribution in [-0.4, -0.2) is 20.9 Å². The van der Waals surface area contributed by atoms with E-state index in [0.717, 1.165) is 12.8 Å². The van der Waals surface area contributed by atoms with Crippen molar-refractivity contribution >= 4 is 22.4 Å². The van der Waals surface area contributed by atoms with Gasteiger partial charge in [-0.05, 0) is 55.0 Å². The van der Waals surface area contributed by atoms with Gasteiger partial charge in [0.15, 0.2) is 5.82 Å². The summed E-state index contributed by atoms with van der Waals surface area (Å²) in [6.07, 6.45) is -0.739. The average Bonchev–Trinajstić information content (AvgIpc) is 3.48. The summed E-state index contributed by atoms with van der Waals surface area (Å²) in [7, 11) is 0. The average molecular weight is 430 g/mol. The van der Waals surface area contributed by atoms with Crippen LogP contribution < -0.4 is 16.6 Å². The molecule has 1 aliphatic rings. The zero-order valence-electron chi connectivity index (χ0n) is 16.7. The van der Waals surface area contributed by atoms with Crippen LogP contribution in [0.15, 0.2) is 35.3 Å². The number of halogens is 3. The molecule has 2 heterocycles. The lowest BCUT2D eigenvalue weighted by molar-refractivity contribution is -0.149. The minimum absolute atomic E-state index is 0.0193. The second kappa shape index (κ2) is 7.74. The van der Waals surface area contributed by atoms with Crippen LogP contribution in [0, 0.1) is 24.2 Å². The fourth-order valence-electron chi connectivity index (χ4n) is 3.88. The second-order valence-corrected chi connectivity index (χ2v) is 7.84. The van der Waals surface area contributed by atoms with E-state index >= 15 is 0 Å². The Morgan fingerprint density at radius 1 is 1.39 bits per heavy atom. The number of nitrogens with one attached hydrogen (secondary N) is 2. The summed E-state index contributed by atoms with van der Waals surface area (Å²) in [4.78, 5) is 15.2. The van der Waals surface area contributed by atoms with Crippen molar-refractivity contribution in [2.45, 2.75) is 44.4 Å². The van der Waals surface area contributed by atoms with E-state index in [0.29, 0.717) is 28.1 Å². The number of fused-ring (bicyclic) bond motifs is 1. The van der Waals surface area contributed by atoms with E-state index in [4.69, 9.17) is 5.73 Å². The van der Waals surface area contributed by atoms with Gasteiger partial charge < -0.3 is 16.0 Å². The Bertz CT molecular complexity index is 1220. The minimum atomic E-state index is -4.54. The molecule has 7 nitrogen and oxygen atoms in total. The molecule has 3 aromatic rings. The highest BCUT2D eigenvalue weighted by atomic mass is 19.4. The molecule has 2 atom stereocenters. The van der Waals surface area contributed by atoms with Crippen LogP contribution in [0.25, 0.3) is 10.9 Å². The second-order valence-electron chi connectivity index (χ2n) is 7.84. The number of nitrogens with two attached hydrogens (primary N) is 1. The Balaban J connectivity index is 1.73. The van der Waals surface area contributed by atoms with Crippen molar-refractivity contribution in [3.8, 4) is 6.07 Å². The number of H-pyrrole nitrogens is 1. The Morgan fingerprint density at radius 3 is 2.74 bits per heavy atom. The van der Waals surface area contributed by atoms with Gasteiger partial charge in [-0.25, -0.2) is 0 Å². The standard InChI is InChI=1S/C21H21F3N6O/c1-11-10-13(4-5-14(11)18(26)21(22,23)24)28-19-17-16(7-9-27-20(17)31)30(29-19)15(6-8-25)12-2-3-12/h4-5,7,9-10,12,15,18H,2-3,6,26H2,1H3,(H,27,31)(H,28,29)/t15?,18-/m1/s1. The normalized spacial score (nSPS) is 16.1. The third kappa shape index (κ3) is 4.01. The van der Waals surface area contributed by atoms with Crippen LogP contribution in [0.3, 0.4) is 0 Å². The van der Waals surface area contributed by atoms with Crippen molar-refractivity contribution in [2.75, 3.05) is 5.32 Å². The molecule has 4 rings (SSSR count). The summed E-state index contributed by atoms with van der Waals surface area (Å²) in [6, 6.07) is 6.05. The fraction of sp³-hybridized carbons (Fsp3) is 0.381. The molecule has 1 fully saturated rings. The van der Waals surface area contributed by atoms with Crippen molar-refractivity contribution < 1.29 is 13.2 Å². The Morgan fingerprint density at radius 2 is 2.13 bits per heavy atom. The molecule has 1 aliphatic carbocycles. The Kier molecular flexibility index (Phi) is 5.23. The number of nitriles is 1. The molecule has 31 heavy (non-hydrogen) atoms. The molecular weight excluding hydrogens is 409 g/mol. The maximum Gasteiger partial charge on any atom is 0.407 e. The summed E-state index contributed by atoms with van der Waals surface area (Å²) in [5.41, 5.74) is 6.43. The summed E-state index contributed by atoms with van der Waals surface area (Å²) in [5.74, 6) is 0.619. The molecule has 10 heteroatoms. The quantitative estimate of drug-likeness (QED) is 0.542. The first kappa shape index (κ1) is 20.9. The fourth-order valence-corrected chi connectivity index (χ4v) is 3.88. The van der Waals surface area contributed by atoms with Crippen molar-refractivity contribution in [1.29, 1.82) is 5.26 Å². The van der Waals surface area contributed by atoms with Gasteiger partial charge in [-0.3, -0.25) is 9.48 Å². The van der Waals surface area contributed by atoms with Gasteiger partial charge in [0.1, 0.15) is 11.4 Å². The van der Waals surface area contributed by atoms with Gasteiger partial charge in [-0.1, -0.05) is 6.07 Å². The number of aromatic nitrogens is 3. The van der Waals surface area contributed by atoms with E-state index in [1.807, 2.05) is 0 Å². The lowest BCUT2D eigenvalue weighted by Gasteiger charge is -2.18. The summed E-state index contributed by atoms with van der Waals surface area (Å²) < 4.78 is 40.7. The molecule has 0 saturated heterocycles. The zero-order chi connectivity index (χ0) is 22.3. The van der Waals surface area contributed by atoms with Gasteiger partial charge in [-0.15, -0.1) is 0 Å². The maximum atomic E-state index is 13.0. The molecule has 0 radical (unpaired) electrons. The Labute approximate surface area is 175 Å². The molecule has 4 N–H and O–H groups in total. The topological polar surface area (TPSA) is 113 Å². The molecular formula is C21H21F3N6O. The van der Waals surface area contributed by atoms with Crippen molar-refractivity contribution in [3.05, 3.63) is 51.9 Å². The predicted octanol–water partition coefficient (Wildman–Crippen LogP) is 4.20. The SMILES string of the molecule is Cc1cc(Nc2nn(C(CC#N)C3CC3)c3cc[nH]c(=O)c23)ccc1[C@@H](N)C(F)(F)F. The van der Waals surface area contributed by atoms with Crippen molar-refractivity contribution in [2.24, 2.45) is 11.7 Å². The van der Waals surface area contributed by atoms with Gasteiger partial charge in [0, 0.05) is 11.9 Å². The number of anilines is 2. The smallest absolute Gasteiger partial charge is 0.338 e. The predicted molar refractivity (Wildman–Crippen MR) is 110 cm³/mol. The number of aromatic amines is 1. The van der Waals surface area contributed by atoms with Crippen LogP contribution >= 0.6 is 0 Å².